The molecule has 0 spiro atoms. The molecule has 0 aromatic heterocycles. The SMILES string of the molecule is C=C(C(=O)OC1CC2CC1C(C(F)(F)C(O)(CF)C(F)(F)F)C2)C(F)(F)F. The van der Waals surface area contributed by atoms with E-state index in [-0.39, 0.29) is 12.8 Å². The summed E-state index contributed by atoms with van der Waals surface area (Å²) in [7, 11) is 0. The molecule has 12 heteroatoms. The van der Waals surface area contributed by atoms with Gasteiger partial charge in [-0.05, 0) is 25.2 Å². The maximum atomic E-state index is 14.4. The van der Waals surface area contributed by atoms with Crippen LogP contribution in [0.3, 0.4) is 0 Å². The van der Waals surface area contributed by atoms with Crippen LogP contribution < -0.4 is 0 Å². The summed E-state index contributed by atoms with van der Waals surface area (Å²) in [4.78, 5) is 11.5. The van der Waals surface area contributed by atoms with Gasteiger partial charge in [0.15, 0.2) is 0 Å². The van der Waals surface area contributed by atoms with E-state index in [0.29, 0.717) is 0 Å². The van der Waals surface area contributed by atoms with E-state index < -0.39 is 72.4 Å². The maximum Gasteiger partial charge on any atom is 0.425 e. The second-order valence-corrected chi connectivity index (χ2v) is 6.88. The Morgan fingerprint density at radius 3 is 2.00 bits per heavy atom. The molecule has 2 aliphatic rings. The summed E-state index contributed by atoms with van der Waals surface area (Å²) in [6.07, 6.45) is -13.4. The Hall–Kier alpha value is -1.46. The summed E-state index contributed by atoms with van der Waals surface area (Å²) >= 11 is 0. The fourth-order valence-electron chi connectivity index (χ4n) is 3.82. The van der Waals surface area contributed by atoms with Crippen LogP contribution >= 0.6 is 0 Å². The Kier molecular flexibility index (Phi) is 5.30. The van der Waals surface area contributed by atoms with Crippen LogP contribution in [-0.4, -0.2) is 47.7 Å². The number of hydrogen-bond acceptors (Lipinski definition) is 3. The Bertz CT molecular complexity index is 613. The summed E-state index contributed by atoms with van der Waals surface area (Å²) in [5.41, 5.74) is -6.83. The van der Waals surface area contributed by atoms with Crippen LogP contribution in [0.1, 0.15) is 19.3 Å². The first-order valence-electron chi connectivity index (χ1n) is 7.76. The van der Waals surface area contributed by atoms with Crippen LogP contribution in [0.5, 0.6) is 0 Å². The Balaban J connectivity index is 2.22. The highest BCUT2D eigenvalue weighted by molar-refractivity contribution is 5.89. The van der Waals surface area contributed by atoms with Gasteiger partial charge in [-0.2, -0.15) is 26.3 Å². The molecule has 0 aromatic carbocycles. The van der Waals surface area contributed by atoms with E-state index in [0.717, 1.165) is 0 Å². The molecule has 2 aliphatic carbocycles. The lowest BCUT2D eigenvalue weighted by molar-refractivity contribution is -0.351. The highest BCUT2D eigenvalue weighted by Gasteiger charge is 2.74. The minimum Gasteiger partial charge on any atom is -0.458 e. The van der Waals surface area contributed by atoms with Crippen LogP contribution in [0.15, 0.2) is 12.2 Å². The fourth-order valence-corrected chi connectivity index (χ4v) is 3.82. The zero-order chi connectivity index (χ0) is 21.0. The number of fused-ring (bicyclic) bond motifs is 2. The van der Waals surface area contributed by atoms with Gasteiger partial charge in [-0.1, -0.05) is 6.58 Å². The van der Waals surface area contributed by atoms with Gasteiger partial charge in [0.05, 0.1) is 0 Å². The summed E-state index contributed by atoms with van der Waals surface area (Å²) in [5.74, 6) is -11.2. The van der Waals surface area contributed by atoms with Crippen molar-refractivity contribution < 1.29 is 54.2 Å². The van der Waals surface area contributed by atoms with Crippen molar-refractivity contribution in [1.82, 2.24) is 0 Å². The first-order chi connectivity index (χ1) is 12.1. The van der Waals surface area contributed by atoms with Gasteiger partial charge in [-0.3, -0.25) is 0 Å². The lowest BCUT2D eigenvalue weighted by Gasteiger charge is -2.42. The molecular formula is C15H15F9O3. The normalized spacial score (nSPS) is 30.9. The Morgan fingerprint density at radius 1 is 1.04 bits per heavy atom. The molecule has 0 aliphatic heterocycles. The van der Waals surface area contributed by atoms with Crippen molar-refractivity contribution in [3.63, 3.8) is 0 Å². The third-order valence-electron chi connectivity index (χ3n) is 5.28. The van der Waals surface area contributed by atoms with E-state index in [9.17, 15) is 49.4 Å². The van der Waals surface area contributed by atoms with Crippen molar-refractivity contribution in [3.05, 3.63) is 12.2 Å². The van der Waals surface area contributed by atoms with Gasteiger partial charge < -0.3 is 9.84 Å². The van der Waals surface area contributed by atoms with E-state index >= 15 is 0 Å². The standard InChI is InChI=1S/C15H15F9O3/c1-6(14(19,20)21)11(25)27-10-4-7-2-8(10)9(3-7)13(17,18)12(26,5-16)15(22,23)24/h7-10,26H,1-5H2. The predicted molar refractivity (Wildman–Crippen MR) is 71.3 cm³/mol. The average Bonchev–Trinajstić information content (AvgIpc) is 3.11. The fraction of sp³-hybridized carbons (Fsp3) is 0.800. The van der Waals surface area contributed by atoms with Crippen molar-refractivity contribution in [2.24, 2.45) is 17.8 Å². The molecular weight excluding hydrogens is 399 g/mol. The molecule has 2 fully saturated rings. The van der Waals surface area contributed by atoms with Crippen molar-refractivity contribution in [2.45, 2.75) is 49.2 Å². The number of halogens is 9. The van der Waals surface area contributed by atoms with Crippen molar-refractivity contribution in [3.8, 4) is 0 Å². The van der Waals surface area contributed by atoms with Gasteiger partial charge in [-0.25, -0.2) is 18.0 Å². The van der Waals surface area contributed by atoms with Gasteiger partial charge in [0, 0.05) is 11.8 Å². The lowest BCUT2D eigenvalue weighted by Crippen LogP contribution is -2.64. The molecule has 0 amide bonds. The smallest absolute Gasteiger partial charge is 0.425 e. The monoisotopic (exact) mass is 414 g/mol. The van der Waals surface area contributed by atoms with E-state index in [1.807, 2.05) is 0 Å². The summed E-state index contributed by atoms with van der Waals surface area (Å²) in [6.45, 7) is -0.302. The van der Waals surface area contributed by atoms with Crippen molar-refractivity contribution in [1.29, 1.82) is 0 Å². The molecule has 0 heterocycles. The van der Waals surface area contributed by atoms with Crippen molar-refractivity contribution in [2.75, 3.05) is 6.67 Å². The zero-order valence-corrected chi connectivity index (χ0v) is 13.5. The second-order valence-electron chi connectivity index (χ2n) is 6.88. The molecule has 0 radical (unpaired) electrons. The number of carbonyl (C=O) groups excluding carboxylic acids is 1. The van der Waals surface area contributed by atoms with Crippen LogP contribution in [0.25, 0.3) is 0 Å². The number of carbonyl (C=O) groups is 1. The number of alkyl halides is 9. The molecule has 27 heavy (non-hydrogen) atoms. The van der Waals surface area contributed by atoms with Crippen molar-refractivity contribution >= 4 is 5.97 Å². The highest BCUT2D eigenvalue weighted by atomic mass is 19.4. The largest absolute Gasteiger partial charge is 0.458 e. The molecule has 2 saturated carbocycles. The Morgan fingerprint density at radius 2 is 1.59 bits per heavy atom. The van der Waals surface area contributed by atoms with Gasteiger partial charge in [0.1, 0.15) is 18.4 Å². The summed E-state index contributed by atoms with van der Waals surface area (Å²) in [5, 5.41) is 9.32. The molecule has 2 bridgehead atoms. The third-order valence-corrected chi connectivity index (χ3v) is 5.28. The average molecular weight is 414 g/mol. The molecule has 3 nitrogen and oxygen atoms in total. The second kappa shape index (κ2) is 6.56. The van der Waals surface area contributed by atoms with E-state index in [1.165, 1.54) is 0 Å². The molecule has 156 valence electrons. The minimum absolute atomic E-state index is 0.117. The zero-order valence-electron chi connectivity index (χ0n) is 13.5. The van der Waals surface area contributed by atoms with Gasteiger partial charge in [0.25, 0.3) is 11.5 Å². The first-order valence-corrected chi connectivity index (χ1v) is 7.76. The molecule has 5 unspecified atom stereocenters. The van der Waals surface area contributed by atoms with Crippen LogP contribution in [0, 0.1) is 17.8 Å². The molecule has 0 aromatic rings. The van der Waals surface area contributed by atoms with E-state index in [4.69, 9.17) is 0 Å². The number of esters is 1. The number of aliphatic hydroxyl groups is 1. The van der Waals surface area contributed by atoms with E-state index in [1.54, 1.807) is 0 Å². The van der Waals surface area contributed by atoms with Crippen LogP contribution in [-0.2, 0) is 9.53 Å². The quantitative estimate of drug-likeness (QED) is 0.421. The molecule has 2 rings (SSSR count). The number of rotatable bonds is 5. The maximum absolute atomic E-state index is 14.4. The van der Waals surface area contributed by atoms with Gasteiger partial charge >= 0.3 is 18.3 Å². The summed E-state index contributed by atoms with van der Waals surface area (Å²) in [6, 6.07) is 0. The topological polar surface area (TPSA) is 46.5 Å². The van der Waals surface area contributed by atoms with Gasteiger partial charge in [0.2, 0.25) is 0 Å². The van der Waals surface area contributed by atoms with Gasteiger partial charge in [-0.15, -0.1) is 0 Å². The summed E-state index contributed by atoms with van der Waals surface area (Å²) < 4.78 is 122. The molecule has 1 N–H and O–H groups in total. The number of hydrogen-bond donors (Lipinski definition) is 1. The van der Waals surface area contributed by atoms with Crippen LogP contribution in [0.4, 0.5) is 39.5 Å². The first kappa shape index (κ1) is 21.8. The third kappa shape index (κ3) is 3.52. The molecule has 5 atom stereocenters. The molecule has 0 saturated heterocycles. The minimum atomic E-state index is -5.98. The van der Waals surface area contributed by atoms with Crippen LogP contribution in [0.2, 0.25) is 0 Å². The predicted octanol–water partition coefficient (Wildman–Crippen LogP) is 3.96. The Labute approximate surface area is 147 Å². The lowest BCUT2D eigenvalue weighted by atomic mass is 9.75. The number of ether oxygens (including phenoxy) is 1. The highest BCUT2D eigenvalue weighted by Crippen LogP contribution is 2.59. The van der Waals surface area contributed by atoms with E-state index in [2.05, 4.69) is 11.3 Å².